The Balaban J connectivity index is 1.85. The van der Waals surface area contributed by atoms with Crippen molar-refractivity contribution in [3.8, 4) is 28.3 Å². The first-order valence-corrected chi connectivity index (χ1v) is 11.1. The van der Waals surface area contributed by atoms with Gasteiger partial charge < -0.3 is 24.3 Å². The van der Waals surface area contributed by atoms with Crippen molar-refractivity contribution in [2.75, 3.05) is 14.2 Å². The van der Waals surface area contributed by atoms with Crippen molar-refractivity contribution in [1.29, 1.82) is 0 Å². The number of carboxylic acids is 1. The molecule has 1 heterocycles. The highest BCUT2D eigenvalue weighted by Gasteiger charge is 2.37. The molecule has 0 unspecified atom stereocenters. The summed E-state index contributed by atoms with van der Waals surface area (Å²) in [7, 11) is 3.01. The van der Waals surface area contributed by atoms with Crippen LogP contribution in [0, 0.1) is 11.6 Å². The van der Waals surface area contributed by atoms with Crippen LogP contribution in [-0.4, -0.2) is 41.1 Å². The van der Waals surface area contributed by atoms with Crippen LogP contribution in [0.1, 0.15) is 34.8 Å². The standard InChI is InChI=1S/C27H23F2NO5/c1-34-19-9-16(10-19)26-24(14-3-5-15(6-4-14)27(32)33)25-21(11-17(28)12-22(25)31)30(26)18-7-8-20(29)23(13-18)35-2/h3-8,11-13,16,19,31H,9-10H2,1-2H3,(H,32,33). The zero-order chi connectivity index (χ0) is 24.9. The molecule has 1 aliphatic carbocycles. The lowest BCUT2D eigenvalue weighted by molar-refractivity contribution is 0.0246. The number of methoxy groups -OCH3 is 2. The molecular weight excluding hydrogens is 456 g/mol. The molecule has 1 aromatic heterocycles. The van der Waals surface area contributed by atoms with Crippen LogP contribution in [0.25, 0.3) is 27.7 Å². The minimum absolute atomic E-state index is 0.00000877. The van der Waals surface area contributed by atoms with Crippen LogP contribution in [0.4, 0.5) is 8.78 Å². The zero-order valence-electron chi connectivity index (χ0n) is 19.1. The van der Waals surface area contributed by atoms with Crippen molar-refractivity contribution in [1.82, 2.24) is 4.57 Å². The number of nitrogens with zero attached hydrogens (tertiary/aromatic N) is 1. The van der Waals surface area contributed by atoms with E-state index in [1.807, 2.05) is 4.57 Å². The Morgan fingerprint density at radius 3 is 2.37 bits per heavy atom. The van der Waals surface area contributed by atoms with Crippen molar-refractivity contribution in [2.24, 2.45) is 0 Å². The van der Waals surface area contributed by atoms with Crippen molar-refractivity contribution in [3.63, 3.8) is 0 Å². The number of carboxylic acid groups (broad SMARTS) is 1. The number of phenolic OH excluding ortho intramolecular Hbond substituents is 1. The molecule has 4 aromatic rings. The van der Waals surface area contributed by atoms with Gasteiger partial charge in [-0.2, -0.15) is 0 Å². The summed E-state index contributed by atoms with van der Waals surface area (Å²) in [5.74, 6) is -2.41. The fraction of sp³-hybridized carbons (Fsp3) is 0.222. The molecule has 0 saturated heterocycles. The van der Waals surface area contributed by atoms with Crippen molar-refractivity contribution in [2.45, 2.75) is 24.9 Å². The highest BCUT2D eigenvalue weighted by Crippen LogP contribution is 2.50. The SMILES string of the molecule is COc1cc(-n2c(C3CC(OC)C3)c(-c3ccc(C(=O)O)cc3)c3c(O)cc(F)cc32)ccc1F. The molecule has 0 spiro atoms. The lowest BCUT2D eigenvalue weighted by atomic mass is 9.77. The summed E-state index contributed by atoms with van der Waals surface area (Å²) in [6.45, 7) is 0. The van der Waals surface area contributed by atoms with Gasteiger partial charge in [0.15, 0.2) is 11.6 Å². The Kier molecular flexibility index (Phi) is 5.68. The first-order chi connectivity index (χ1) is 16.8. The van der Waals surface area contributed by atoms with Gasteiger partial charge in [-0.15, -0.1) is 0 Å². The topological polar surface area (TPSA) is 80.9 Å². The maximum atomic E-state index is 14.6. The number of fused-ring (bicyclic) bond motifs is 1. The van der Waals surface area contributed by atoms with Gasteiger partial charge in [-0.05, 0) is 48.7 Å². The summed E-state index contributed by atoms with van der Waals surface area (Å²) in [4.78, 5) is 11.4. The second-order valence-electron chi connectivity index (χ2n) is 8.64. The van der Waals surface area contributed by atoms with Crippen LogP contribution in [0.2, 0.25) is 0 Å². The Morgan fingerprint density at radius 2 is 1.74 bits per heavy atom. The molecule has 3 aromatic carbocycles. The summed E-state index contributed by atoms with van der Waals surface area (Å²) < 4.78 is 41.3. The van der Waals surface area contributed by atoms with Gasteiger partial charge in [-0.1, -0.05) is 12.1 Å². The normalized spacial score (nSPS) is 17.4. The summed E-state index contributed by atoms with van der Waals surface area (Å²) in [6.07, 6.45) is 1.46. The van der Waals surface area contributed by atoms with E-state index in [0.717, 1.165) is 11.8 Å². The van der Waals surface area contributed by atoms with E-state index in [-0.39, 0.29) is 29.1 Å². The maximum absolute atomic E-state index is 14.6. The third kappa shape index (κ3) is 3.80. The fourth-order valence-electron chi connectivity index (χ4n) is 4.89. The first-order valence-electron chi connectivity index (χ1n) is 11.1. The summed E-state index contributed by atoms with van der Waals surface area (Å²) in [5, 5.41) is 20.6. The molecule has 0 bridgehead atoms. The van der Waals surface area contributed by atoms with Gasteiger partial charge in [0.05, 0.1) is 29.7 Å². The number of carbonyl (C=O) groups is 1. The highest BCUT2D eigenvalue weighted by molar-refractivity contribution is 6.04. The number of aromatic carboxylic acids is 1. The Bertz CT molecular complexity index is 1440. The van der Waals surface area contributed by atoms with E-state index in [0.29, 0.717) is 40.6 Å². The van der Waals surface area contributed by atoms with Gasteiger partial charge in [0.1, 0.15) is 11.6 Å². The minimum atomic E-state index is -1.05. The number of rotatable bonds is 6. The zero-order valence-corrected chi connectivity index (χ0v) is 19.1. The van der Waals surface area contributed by atoms with Crippen molar-refractivity contribution in [3.05, 3.63) is 77.5 Å². The van der Waals surface area contributed by atoms with Crippen LogP contribution < -0.4 is 4.74 Å². The molecule has 1 fully saturated rings. The molecule has 5 rings (SSSR count). The molecule has 0 aliphatic heterocycles. The molecule has 0 amide bonds. The molecule has 180 valence electrons. The Hall–Kier alpha value is -3.91. The number of ether oxygens (including phenoxy) is 2. The summed E-state index contributed by atoms with van der Waals surface area (Å²) >= 11 is 0. The van der Waals surface area contributed by atoms with E-state index in [2.05, 4.69) is 0 Å². The van der Waals surface area contributed by atoms with Crippen LogP contribution in [0.5, 0.6) is 11.5 Å². The molecule has 0 atom stereocenters. The largest absolute Gasteiger partial charge is 0.507 e. The first kappa shape index (κ1) is 22.9. The quantitative estimate of drug-likeness (QED) is 0.361. The van der Waals surface area contributed by atoms with Gasteiger partial charge in [-0.25, -0.2) is 13.6 Å². The van der Waals surface area contributed by atoms with E-state index in [1.54, 1.807) is 25.3 Å². The molecule has 2 N–H and O–H groups in total. The molecule has 1 aliphatic rings. The Morgan fingerprint density at radius 1 is 1.03 bits per heavy atom. The number of aromatic nitrogens is 1. The predicted octanol–water partition coefficient (Wildman–Crippen LogP) is 5.88. The minimum Gasteiger partial charge on any atom is -0.507 e. The van der Waals surface area contributed by atoms with E-state index >= 15 is 0 Å². The predicted molar refractivity (Wildman–Crippen MR) is 127 cm³/mol. The fourth-order valence-corrected chi connectivity index (χ4v) is 4.89. The lowest BCUT2D eigenvalue weighted by Crippen LogP contribution is -2.30. The van der Waals surface area contributed by atoms with Crippen LogP contribution in [-0.2, 0) is 4.74 Å². The van der Waals surface area contributed by atoms with Crippen LogP contribution >= 0.6 is 0 Å². The van der Waals surface area contributed by atoms with Crippen molar-refractivity contribution < 1.29 is 33.3 Å². The molecule has 6 nitrogen and oxygen atoms in total. The average Bonchev–Trinajstić information content (AvgIpc) is 3.13. The molecule has 35 heavy (non-hydrogen) atoms. The lowest BCUT2D eigenvalue weighted by Gasteiger charge is -2.36. The third-order valence-corrected chi connectivity index (χ3v) is 6.68. The molecular formula is C27H23F2NO5. The highest BCUT2D eigenvalue weighted by atomic mass is 19.1. The second-order valence-corrected chi connectivity index (χ2v) is 8.64. The number of hydrogen-bond acceptors (Lipinski definition) is 4. The van der Waals surface area contributed by atoms with Crippen molar-refractivity contribution >= 4 is 16.9 Å². The van der Waals surface area contributed by atoms with Gasteiger partial charge >= 0.3 is 5.97 Å². The van der Waals surface area contributed by atoms with Crippen LogP contribution in [0.15, 0.2) is 54.6 Å². The maximum Gasteiger partial charge on any atom is 0.335 e. The smallest absolute Gasteiger partial charge is 0.335 e. The van der Waals surface area contributed by atoms with Crippen LogP contribution in [0.3, 0.4) is 0 Å². The van der Waals surface area contributed by atoms with Gasteiger partial charge in [0.2, 0.25) is 0 Å². The van der Waals surface area contributed by atoms with E-state index in [1.165, 1.54) is 37.4 Å². The van der Waals surface area contributed by atoms with Gasteiger partial charge in [0, 0.05) is 42.1 Å². The number of phenols is 1. The van der Waals surface area contributed by atoms with Gasteiger partial charge in [-0.3, -0.25) is 0 Å². The van der Waals surface area contributed by atoms with Gasteiger partial charge in [0.25, 0.3) is 0 Å². The number of aromatic hydroxyl groups is 1. The van der Waals surface area contributed by atoms with E-state index in [4.69, 9.17) is 9.47 Å². The molecule has 8 heteroatoms. The third-order valence-electron chi connectivity index (χ3n) is 6.68. The summed E-state index contributed by atoms with van der Waals surface area (Å²) in [6, 6.07) is 13.1. The average molecular weight is 479 g/mol. The van der Waals surface area contributed by atoms with E-state index < -0.39 is 17.6 Å². The number of hydrogen-bond donors (Lipinski definition) is 2. The number of benzene rings is 3. The Labute approximate surface area is 200 Å². The monoisotopic (exact) mass is 479 g/mol. The summed E-state index contributed by atoms with van der Waals surface area (Å²) in [5.41, 5.74) is 3.21. The number of halogens is 2. The van der Waals surface area contributed by atoms with E-state index in [9.17, 15) is 23.8 Å². The molecule has 1 saturated carbocycles. The molecule has 0 radical (unpaired) electrons. The second kappa shape index (κ2) is 8.70.